The third-order valence-electron chi connectivity index (χ3n) is 2.79. The molecule has 0 spiro atoms. The van der Waals surface area contributed by atoms with Crippen LogP contribution in [-0.2, 0) is 4.79 Å². The summed E-state index contributed by atoms with van der Waals surface area (Å²) in [6, 6.07) is 4.76. The van der Waals surface area contributed by atoms with Gasteiger partial charge in [0, 0.05) is 0 Å². The van der Waals surface area contributed by atoms with Crippen molar-refractivity contribution in [3.8, 4) is 0 Å². The monoisotopic (exact) mass is 244 g/mol. The number of benzene rings is 1. The second kappa shape index (κ2) is 4.87. The zero-order valence-electron chi connectivity index (χ0n) is 9.59. The fourth-order valence-electron chi connectivity index (χ4n) is 1.96. The lowest BCUT2D eigenvalue weighted by Gasteiger charge is -2.09. The molecule has 0 bridgehead atoms. The standard InChI is InChI=1S/C14H12O4/c15-13(16)8-10-4-2-1-3-9-5-6-11(14(17)18)7-12(9)10/h1,3-7H,2,8H2,(H,15,16)(H,17,18). The average Bonchev–Trinajstić information content (AvgIpc) is 2.50. The second-order valence-corrected chi connectivity index (χ2v) is 4.05. The Morgan fingerprint density at radius 2 is 2.00 bits per heavy atom. The molecule has 0 saturated heterocycles. The van der Waals surface area contributed by atoms with E-state index in [-0.39, 0.29) is 12.0 Å². The number of fused-ring (bicyclic) bond motifs is 1. The van der Waals surface area contributed by atoms with Gasteiger partial charge in [0.15, 0.2) is 0 Å². The summed E-state index contributed by atoms with van der Waals surface area (Å²) in [4.78, 5) is 21.8. The van der Waals surface area contributed by atoms with E-state index in [1.165, 1.54) is 12.1 Å². The molecule has 1 aliphatic carbocycles. The van der Waals surface area contributed by atoms with Crippen molar-refractivity contribution in [3.63, 3.8) is 0 Å². The normalized spacial score (nSPS) is 13.4. The first-order valence-electron chi connectivity index (χ1n) is 5.53. The highest BCUT2D eigenvalue weighted by Crippen LogP contribution is 2.28. The van der Waals surface area contributed by atoms with Crippen molar-refractivity contribution in [1.82, 2.24) is 0 Å². The zero-order chi connectivity index (χ0) is 13.1. The Kier molecular flexibility index (Phi) is 3.28. The molecule has 0 aromatic heterocycles. The highest BCUT2D eigenvalue weighted by Gasteiger charge is 2.14. The number of hydrogen-bond donors (Lipinski definition) is 2. The van der Waals surface area contributed by atoms with Gasteiger partial charge in [-0.2, -0.15) is 0 Å². The van der Waals surface area contributed by atoms with Crippen LogP contribution in [0.15, 0.2) is 30.4 Å². The molecule has 4 nitrogen and oxygen atoms in total. The molecule has 1 aromatic carbocycles. The van der Waals surface area contributed by atoms with Crippen LogP contribution in [0.1, 0.15) is 34.3 Å². The van der Waals surface area contributed by atoms with Crippen LogP contribution < -0.4 is 0 Å². The van der Waals surface area contributed by atoms with Gasteiger partial charge in [-0.3, -0.25) is 4.79 Å². The Labute approximate surface area is 104 Å². The van der Waals surface area contributed by atoms with E-state index < -0.39 is 11.9 Å². The fourth-order valence-corrected chi connectivity index (χ4v) is 1.96. The number of aromatic carboxylic acids is 1. The summed E-state index contributed by atoms with van der Waals surface area (Å²) >= 11 is 0. The fraction of sp³-hybridized carbons (Fsp3) is 0.143. The zero-order valence-corrected chi connectivity index (χ0v) is 9.59. The summed E-state index contributed by atoms with van der Waals surface area (Å²) in [6.45, 7) is 0. The lowest BCUT2D eigenvalue weighted by molar-refractivity contribution is -0.135. The number of hydrogen-bond acceptors (Lipinski definition) is 2. The summed E-state index contributed by atoms with van der Waals surface area (Å²) in [5.41, 5.74) is 2.36. The van der Waals surface area contributed by atoms with E-state index in [1.54, 1.807) is 6.07 Å². The summed E-state index contributed by atoms with van der Waals surface area (Å²) < 4.78 is 0. The third-order valence-corrected chi connectivity index (χ3v) is 2.79. The van der Waals surface area contributed by atoms with Crippen molar-refractivity contribution in [3.05, 3.63) is 47.0 Å². The van der Waals surface area contributed by atoms with E-state index in [9.17, 15) is 9.59 Å². The van der Waals surface area contributed by atoms with Gasteiger partial charge in [-0.1, -0.05) is 24.3 Å². The first kappa shape index (κ1) is 12.1. The van der Waals surface area contributed by atoms with Gasteiger partial charge in [-0.25, -0.2) is 4.79 Å². The van der Waals surface area contributed by atoms with Crippen LogP contribution >= 0.6 is 0 Å². The van der Waals surface area contributed by atoms with Gasteiger partial charge in [-0.15, -0.1) is 0 Å². The largest absolute Gasteiger partial charge is 0.481 e. The molecule has 0 saturated carbocycles. The Morgan fingerprint density at radius 1 is 1.22 bits per heavy atom. The molecule has 2 rings (SSSR count). The van der Waals surface area contributed by atoms with Crippen LogP contribution in [0.4, 0.5) is 0 Å². The molecule has 4 heteroatoms. The summed E-state index contributed by atoms with van der Waals surface area (Å²) in [6.07, 6.45) is 6.18. The predicted octanol–water partition coefficient (Wildman–Crippen LogP) is 2.66. The maximum absolute atomic E-state index is 10.9. The molecule has 1 aliphatic rings. The van der Waals surface area contributed by atoms with Crippen LogP contribution in [-0.4, -0.2) is 22.2 Å². The third kappa shape index (κ3) is 2.48. The number of carboxylic acids is 2. The van der Waals surface area contributed by atoms with Gasteiger partial charge in [-0.05, 0) is 35.3 Å². The molecular formula is C14H12O4. The van der Waals surface area contributed by atoms with E-state index >= 15 is 0 Å². The van der Waals surface area contributed by atoms with Gasteiger partial charge in [0.1, 0.15) is 0 Å². The first-order valence-corrected chi connectivity index (χ1v) is 5.53. The van der Waals surface area contributed by atoms with Crippen molar-refractivity contribution in [2.24, 2.45) is 0 Å². The van der Waals surface area contributed by atoms with Gasteiger partial charge in [0.25, 0.3) is 0 Å². The predicted molar refractivity (Wildman–Crippen MR) is 67.3 cm³/mol. The van der Waals surface area contributed by atoms with Crippen molar-refractivity contribution in [2.75, 3.05) is 0 Å². The molecular weight excluding hydrogens is 232 g/mol. The van der Waals surface area contributed by atoms with Crippen LogP contribution in [0, 0.1) is 0 Å². The number of carboxylic acid groups (broad SMARTS) is 2. The Morgan fingerprint density at radius 3 is 2.67 bits per heavy atom. The molecule has 92 valence electrons. The molecule has 2 N–H and O–H groups in total. The summed E-state index contributed by atoms with van der Waals surface area (Å²) in [7, 11) is 0. The smallest absolute Gasteiger partial charge is 0.335 e. The molecule has 18 heavy (non-hydrogen) atoms. The van der Waals surface area contributed by atoms with Crippen LogP contribution in [0.25, 0.3) is 11.6 Å². The lowest BCUT2D eigenvalue weighted by Crippen LogP contribution is -2.02. The number of allylic oxidation sites excluding steroid dienone is 2. The summed E-state index contributed by atoms with van der Waals surface area (Å²) in [5.74, 6) is -1.93. The number of carbonyl (C=O) groups is 2. The topological polar surface area (TPSA) is 74.6 Å². The molecule has 0 aliphatic heterocycles. The van der Waals surface area contributed by atoms with E-state index in [4.69, 9.17) is 10.2 Å². The molecule has 0 amide bonds. The maximum atomic E-state index is 10.9. The highest BCUT2D eigenvalue weighted by atomic mass is 16.4. The van der Waals surface area contributed by atoms with Gasteiger partial charge < -0.3 is 10.2 Å². The SMILES string of the molecule is O=C(O)CC1=CCC=Cc2ccc(C(=O)O)cc21. The average molecular weight is 244 g/mol. The van der Waals surface area contributed by atoms with E-state index in [1.807, 2.05) is 18.2 Å². The quantitative estimate of drug-likeness (QED) is 0.857. The van der Waals surface area contributed by atoms with E-state index in [0.717, 1.165) is 5.56 Å². The van der Waals surface area contributed by atoms with E-state index in [0.29, 0.717) is 17.6 Å². The van der Waals surface area contributed by atoms with Crippen molar-refractivity contribution in [1.29, 1.82) is 0 Å². The molecule has 0 heterocycles. The Bertz CT molecular complexity index is 567. The minimum atomic E-state index is -1.01. The lowest BCUT2D eigenvalue weighted by atomic mass is 9.96. The molecule has 0 fully saturated rings. The van der Waals surface area contributed by atoms with Gasteiger partial charge in [0.2, 0.25) is 0 Å². The number of aliphatic carboxylic acids is 1. The van der Waals surface area contributed by atoms with Gasteiger partial charge in [0.05, 0.1) is 12.0 Å². The molecule has 1 aromatic rings. The van der Waals surface area contributed by atoms with E-state index in [2.05, 4.69) is 0 Å². The molecule has 0 unspecified atom stereocenters. The second-order valence-electron chi connectivity index (χ2n) is 4.05. The molecule has 0 radical (unpaired) electrons. The Hall–Kier alpha value is -2.36. The molecule has 0 atom stereocenters. The van der Waals surface area contributed by atoms with Crippen molar-refractivity contribution in [2.45, 2.75) is 12.8 Å². The van der Waals surface area contributed by atoms with Crippen LogP contribution in [0.5, 0.6) is 0 Å². The summed E-state index contributed by atoms with van der Waals surface area (Å²) in [5, 5.41) is 17.9. The number of rotatable bonds is 3. The van der Waals surface area contributed by atoms with Crippen LogP contribution in [0.3, 0.4) is 0 Å². The highest BCUT2D eigenvalue weighted by molar-refractivity contribution is 5.92. The maximum Gasteiger partial charge on any atom is 0.335 e. The minimum absolute atomic E-state index is 0.0995. The van der Waals surface area contributed by atoms with Crippen molar-refractivity contribution < 1.29 is 19.8 Å². The first-order chi connectivity index (χ1) is 8.58. The minimum Gasteiger partial charge on any atom is -0.481 e. The van der Waals surface area contributed by atoms with Crippen molar-refractivity contribution >= 4 is 23.6 Å². The van der Waals surface area contributed by atoms with Gasteiger partial charge >= 0.3 is 11.9 Å². The van der Waals surface area contributed by atoms with Crippen LogP contribution in [0.2, 0.25) is 0 Å². The Balaban J connectivity index is 2.51.